The lowest BCUT2D eigenvalue weighted by Crippen LogP contribution is -2.29. The molecule has 0 heterocycles. The first-order valence-electron chi connectivity index (χ1n) is 6.67. The molecular formula is C16H16ClFN2O2. The molecule has 0 fully saturated rings. The van der Waals surface area contributed by atoms with Gasteiger partial charge in [-0.25, -0.2) is 4.39 Å². The number of rotatable bonds is 6. The van der Waals surface area contributed by atoms with E-state index < -0.39 is 0 Å². The van der Waals surface area contributed by atoms with Crippen molar-refractivity contribution in [1.82, 2.24) is 5.32 Å². The summed E-state index contributed by atoms with van der Waals surface area (Å²) in [5.41, 5.74) is 1.47. The minimum absolute atomic E-state index is 0.0812. The molecule has 0 bridgehead atoms. The van der Waals surface area contributed by atoms with E-state index >= 15 is 0 Å². The number of benzene rings is 2. The Balaban J connectivity index is 1.85. The molecule has 0 aliphatic rings. The Bertz CT molecular complexity index is 647. The number of anilines is 1. The molecule has 22 heavy (non-hydrogen) atoms. The summed E-state index contributed by atoms with van der Waals surface area (Å²) in [6, 6.07) is 11.1. The third-order valence-corrected chi connectivity index (χ3v) is 3.24. The molecule has 2 aromatic rings. The van der Waals surface area contributed by atoms with Gasteiger partial charge in [0.05, 0.1) is 19.3 Å². The largest absolute Gasteiger partial charge is 0.495 e. The normalized spacial score (nSPS) is 10.1. The fraction of sp³-hybridized carbons (Fsp3) is 0.188. The van der Waals surface area contributed by atoms with E-state index in [1.54, 1.807) is 37.4 Å². The van der Waals surface area contributed by atoms with Crippen LogP contribution in [0, 0.1) is 5.82 Å². The first kappa shape index (κ1) is 16.1. The fourth-order valence-electron chi connectivity index (χ4n) is 1.86. The second-order valence-corrected chi connectivity index (χ2v) is 5.04. The molecule has 0 atom stereocenters. The molecule has 6 heteroatoms. The van der Waals surface area contributed by atoms with Crippen LogP contribution in [0.1, 0.15) is 5.56 Å². The van der Waals surface area contributed by atoms with Crippen molar-refractivity contribution in [1.29, 1.82) is 0 Å². The van der Waals surface area contributed by atoms with Crippen molar-refractivity contribution < 1.29 is 13.9 Å². The van der Waals surface area contributed by atoms with Gasteiger partial charge >= 0.3 is 0 Å². The van der Waals surface area contributed by atoms with Crippen LogP contribution in [-0.2, 0) is 11.3 Å². The monoisotopic (exact) mass is 322 g/mol. The first-order valence-corrected chi connectivity index (χ1v) is 7.05. The molecule has 0 aliphatic carbocycles. The van der Waals surface area contributed by atoms with E-state index in [9.17, 15) is 9.18 Å². The molecule has 0 aliphatic heterocycles. The number of methoxy groups -OCH3 is 1. The molecule has 2 rings (SSSR count). The molecule has 0 aromatic heterocycles. The predicted molar refractivity (Wildman–Crippen MR) is 84.7 cm³/mol. The Labute approximate surface area is 133 Å². The standard InChI is InChI=1S/C16H16ClFN2O2/c1-22-15-7-4-12(17)8-14(15)19-10-16(21)20-9-11-2-5-13(18)6-3-11/h2-8,19H,9-10H2,1H3,(H,20,21). The van der Waals surface area contributed by atoms with Crippen LogP contribution in [0.15, 0.2) is 42.5 Å². The zero-order chi connectivity index (χ0) is 15.9. The zero-order valence-corrected chi connectivity index (χ0v) is 12.8. The molecule has 4 nitrogen and oxygen atoms in total. The SMILES string of the molecule is COc1ccc(Cl)cc1NCC(=O)NCc1ccc(F)cc1. The summed E-state index contributed by atoms with van der Waals surface area (Å²) in [4.78, 5) is 11.8. The van der Waals surface area contributed by atoms with Crippen molar-refractivity contribution in [2.45, 2.75) is 6.54 Å². The highest BCUT2D eigenvalue weighted by Crippen LogP contribution is 2.27. The number of ether oxygens (including phenoxy) is 1. The smallest absolute Gasteiger partial charge is 0.239 e. The number of carbonyl (C=O) groups excluding carboxylic acids is 1. The highest BCUT2D eigenvalue weighted by molar-refractivity contribution is 6.30. The van der Waals surface area contributed by atoms with Crippen LogP contribution in [0.25, 0.3) is 0 Å². The van der Waals surface area contributed by atoms with E-state index in [2.05, 4.69) is 10.6 Å². The van der Waals surface area contributed by atoms with Gasteiger partial charge in [-0.15, -0.1) is 0 Å². The van der Waals surface area contributed by atoms with Crippen LogP contribution >= 0.6 is 11.6 Å². The molecule has 2 aromatic carbocycles. The summed E-state index contributed by atoms with van der Waals surface area (Å²) in [6.45, 7) is 0.422. The van der Waals surface area contributed by atoms with E-state index in [1.807, 2.05) is 0 Å². The number of carbonyl (C=O) groups is 1. The third kappa shape index (κ3) is 4.63. The number of hydrogen-bond acceptors (Lipinski definition) is 3. The predicted octanol–water partition coefficient (Wildman–Crippen LogP) is 3.22. The number of nitrogens with one attached hydrogen (secondary N) is 2. The average Bonchev–Trinajstić information content (AvgIpc) is 2.52. The Kier molecular flexibility index (Phi) is 5.61. The van der Waals surface area contributed by atoms with Crippen LogP contribution in [0.2, 0.25) is 5.02 Å². The van der Waals surface area contributed by atoms with E-state index in [4.69, 9.17) is 16.3 Å². The third-order valence-electron chi connectivity index (χ3n) is 3.00. The van der Waals surface area contributed by atoms with Gasteiger partial charge in [-0.1, -0.05) is 23.7 Å². The Hall–Kier alpha value is -2.27. The minimum atomic E-state index is -0.301. The average molecular weight is 323 g/mol. The summed E-state index contributed by atoms with van der Waals surface area (Å²) in [6.07, 6.45) is 0. The van der Waals surface area contributed by atoms with Crippen molar-refractivity contribution in [3.05, 3.63) is 58.9 Å². The molecule has 1 amide bonds. The maximum Gasteiger partial charge on any atom is 0.239 e. The highest BCUT2D eigenvalue weighted by atomic mass is 35.5. The number of amides is 1. The van der Waals surface area contributed by atoms with Crippen LogP contribution in [0.4, 0.5) is 10.1 Å². The molecule has 116 valence electrons. The van der Waals surface area contributed by atoms with Gasteiger partial charge in [0.2, 0.25) is 5.91 Å². The van der Waals surface area contributed by atoms with Crippen molar-refractivity contribution in [2.75, 3.05) is 19.0 Å². The molecule has 2 N–H and O–H groups in total. The molecule has 0 saturated heterocycles. The van der Waals surface area contributed by atoms with Crippen LogP contribution in [0.3, 0.4) is 0 Å². The summed E-state index contributed by atoms with van der Waals surface area (Å²) < 4.78 is 18.0. The Morgan fingerprint density at radius 2 is 1.95 bits per heavy atom. The molecule has 0 saturated carbocycles. The van der Waals surface area contributed by atoms with Gasteiger partial charge in [0.1, 0.15) is 11.6 Å². The van der Waals surface area contributed by atoms with Crippen LogP contribution < -0.4 is 15.4 Å². The first-order chi connectivity index (χ1) is 10.6. The van der Waals surface area contributed by atoms with Crippen molar-refractivity contribution >= 4 is 23.2 Å². The summed E-state index contributed by atoms with van der Waals surface area (Å²) in [5.74, 6) is 0.117. The summed E-state index contributed by atoms with van der Waals surface area (Å²) in [7, 11) is 1.54. The van der Waals surface area contributed by atoms with Gasteiger partial charge < -0.3 is 15.4 Å². The molecule has 0 unspecified atom stereocenters. The Morgan fingerprint density at radius 3 is 2.64 bits per heavy atom. The van der Waals surface area contributed by atoms with Gasteiger partial charge in [-0.05, 0) is 35.9 Å². The molecular weight excluding hydrogens is 307 g/mol. The van der Waals surface area contributed by atoms with Crippen LogP contribution in [-0.4, -0.2) is 19.6 Å². The number of hydrogen-bond donors (Lipinski definition) is 2. The molecule has 0 spiro atoms. The van der Waals surface area contributed by atoms with Gasteiger partial charge in [0.15, 0.2) is 0 Å². The Morgan fingerprint density at radius 1 is 1.23 bits per heavy atom. The lowest BCUT2D eigenvalue weighted by atomic mass is 10.2. The van der Waals surface area contributed by atoms with E-state index in [-0.39, 0.29) is 18.3 Å². The fourth-order valence-corrected chi connectivity index (χ4v) is 2.03. The van der Waals surface area contributed by atoms with Crippen molar-refractivity contribution in [3.63, 3.8) is 0 Å². The quantitative estimate of drug-likeness (QED) is 0.858. The van der Waals surface area contributed by atoms with Crippen LogP contribution in [0.5, 0.6) is 5.75 Å². The van der Waals surface area contributed by atoms with Crippen molar-refractivity contribution in [2.24, 2.45) is 0 Å². The lowest BCUT2D eigenvalue weighted by molar-refractivity contribution is -0.119. The number of halogens is 2. The minimum Gasteiger partial charge on any atom is -0.495 e. The van der Waals surface area contributed by atoms with Gasteiger partial charge in [0.25, 0.3) is 0 Å². The van der Waals surface area contributed by atoms with Gasteiger partial charge in [-0.2, -0.15) is 0 Å². The lowest BCUT2D eigenvalue weighted by Gasteiger charge is -2.11. The van der Waals surface area contributed by atoms with E-state index in [1.165, 1.54) is 12.1 Å². The zero-order valence-electron chi connectivity index (χ0n) is 12.0. The topological polar surface area (TPSA) is 50.4 Å². The maximum absolute atomic E-state index is 12.8. The maximum atomic E-state index is 12.8. The van der Waals surface area contributed by atoms with Gasteiger partial charge in [-0.3, -0.25) is 4.79 Å². The van der Waals surface area contributed by atoms with Crippen molar-refractivity contribution in [3.8, 4) is 5.75 Å². The highest BCUT2D eigenvalue weighted by Gasteiger charge is 2.06. The second kappa shape index (κ2) is 7.66. The van der Waals surface area contributed by atoms with Gasteiger partial charge in [0, 0.05) is 11.6 Å². The van der Waals surface area contributed by atoms with E-state index in [0.717, 1.165) is 5.56 Å². The second-order valence-electron chi connectivity index (χ2n) is 4.60. The van der Waals surface area contributed by atoms with E-state index in [0.29, 0.717) is 23.0 Å². The summed E-state index contributed by atoms with van der Waals surface area (Å²) >= 11 is 5.92. The molecule has 0 radical (unpaired) electrons. The summed E-state index contributed by atoms with van der Waals surface area (Å²) in [5, 5.41) is 6.26.